The highest BCUT2D eigenvalue weighted by Gasteiger charge is 2.47. The third kappa shape index (κ3) is 8.74. The van der Waals surface area contributed by atoms with E-state index in [1.165, 1.54) is 77.0 Å². The van der Waals surface area contributed by atoms with E-state index in [9.17, 15) is 0 Å². The zero-order chi connectivity index (χ0) is 26.0. The third-order valence-corrected chi connectivity index (χ3v) is 12.8. The Morgan fingerprint density at radius 2 is 1.22 bits per heavy atom. The van der Waals surface area contributed by atoms with Crippen molar-refractivity contribution in [3.63, 3.8) is 0 Å². The standard InChI is InChI=1S/C20H36.C17H32/c1-3-4-12-18-15(2)14-17-11-8-13-19(17)20(18)16-9-6-5-7-10-16;1-3-15-7-9-16(10-8-15)11-12-17-6-4-5-14(2)13-17/h15-20H,3-14H2,1-2H3;14-17H,3-13H2,1-2H3. The first-order valence-electron chi connectivity index (χ1n) is 18.1. The highest BCUT2D eigenvalue weighted by atomic mass is 14.5. The van der Waals surface area contributed by atoms with Gasteiger partial charge in [0.2, 0.25) is 0 Å². The maximum Gasteiger partial charge on any atom is -0.0324 e. The van der Waals surface area contributed by atoms with Gasteiger partial charge in [-0.1, -0.05) is 150 Å². The van der Waals surface area contributed by atoms with Crippen molar-refractivity contribution in [2.24, 2.45) is 59.2 Å². The molecule has 0 radical (unpaired) electrons. The molecular weight excluding hydrogens is 444 g/mol. The lowest BCUT2D eigenvalue weighted by atomic mass is 9.56. The number of hydrogen-bond donors (Lipinski definition) is 0. The summed E-state index contributed by atoms with van der Waals surface area (Å²) in [7, 11) is 0. The van der Waals surface area contributed by atoms with Crippen molar-refractivity contribution in [3.8, 4) is 0 Å². The molecule has 0 nitrogen and oxygen atoms in total. The van der Waals surface area contributed by atoms with Crippen molar-refractivity contribution >= 4 is 0 Å². The van der Waals surface area contributed by atoms with Gasteiger partial charge in [0.1, 0.15) is 0 Å². The van der Waals surface area contributed by atoms with E-state index < -0.39 is 0 Å². The average Bonchev–Trinajstić information content (AvgIpc) is 3.39. The smallest absolute Gasteiger partial charge is 0.0324 e. The number of hydrogen-bond acceptors (Lipinski definition) is 0. The molecule has 5 fully saturated rings. The van der Waals surface area contributed by atoms with Gasteiger partial charge in [0, 0.05) is 0 Å². The zero-order valence-electron chi connectivity index (χ0n) is 26.0. The number of fused-ring (bicyclic) bond motifs is 1. The minimum absolute atomic E-state index is 1.02. The molecule has 0 heterocycles. The van der Waals surface area contributed by atoms with E-state index in [0.29, 0.717) is 0 Å². The second kappa shape index (κ2) is 15.7. The predicted octanol–water partition coefficient (Wildman–Crippen LogP) is 12.3. The molecule has 0 aromatic carbocycles. The van der Waals surface area contributed by atoms with Gasteiger partial charge in [-0.2, -0.15) is 0 Å². The predicted molar refractivity (Wildman–Crippen MR) is 164 cm³/mol. The molecule has 0 aliphatic heterocycles. The lowest BCUT2D eigenvalue weighted by Crippen LogP contribution is -2.41. The van der Waals surface area contributed by atoms with Gasteiger partial charge in [-0.25, -0.2) is 0 Å². The maximum absolute atomic E-state index is 2.60. The highest BCUT2D eigenvalue weighted by molar-refractivity contribution is 4.96. The Bertz CT molecular complexity index is 593. The Morgan fingerprint density at radius 1 is 0.541 bits per heavy atom. The molecule has 0 aromatic rings. The minimum atomic E-state index is 1.02. The van der Waals surface area contributed by atoms with E-state index in [1.54, 1.807) is 70.6 Å². The van der Waals surface area contributed by atoms with E-state index in [-0.39, 0.29) is 0 Å². The zero-order valence-corrected chi connectivity index (χ0v) is 26.0. The van der Waals surface area contributed by atoms with Crippen molar-refractivity contribution in [1.29, 1.82) is 0 Å². The first kappa shape index (κ1) is 30.0. The Morgan fingerprint density at radius 3 is 1.92 bits per heavy atom. The molecule has 5 aliphatic carbocycles. The van der Waals surface area contributed by atoms with Crippen LogP contribution in [0, 0.1) is 59.2 Å². The fourth-order valence-electron chi connectivity index (χ4n) is 10.6. The average molecular weight is 513 g/mol. The summed E-state index contributed by atoms with van der Waals surface area (Å²) in [6.07, 6.45) is 35.2. The summed E-state index contributed by atoms with van der Waals surface area (Å²) in [5, 5.41) is 0. The van der Waals surface area contributed by atoms with Crippen LogP contribution in [0.3, 0.4) is 0 Å². The molecule has 7 atom stereocenters. The number of unbranched alkanes of at least 4 members (excludes halogenated alkanes) is 1. The van der Waals surface area contributed by atoms with Gasteiger partial charge in [-0.15, -0.1) is 0 Å². The summed E-state index contributed by atoms with van der Waals surface area (Å²) in [4.78, 5) is 0. The van der Waals surface area contributed by atoms with Crippen LogP contribution < -0.4 is 0 Å². The van der Waals surface area contributed by atoms with Crippen LogP contribution in [0.5, 0.6) is 0 Å². The molecule has 0 heteroatoms. The van der Waals surface area contributed by atoms with Gasteiger partial charge in [0.25, 0.3) is 0 Å². The molecule has 0 spiro atoms. The van der Waals surface area contributed by atoms with E-state index in [1.807, 2.05) is 0 Å². The first-order chi connectivity index (χ1) is 18.1. The largest absolute Gasteiger partial charge is 0.0654 e. The van der Waals surface area contributed by atoms with Crippen molar-refractivity contribution in [2.75, 3.05) is 0 Å². The quantitative estimate of drug-likeness (QED) is 0.303. The molecule has 0 amide bonds. The van der Waals surface area contributed by atoms with Gasteiger partial charge in [0.15, 0.2) is 0 Å². The van der Waals surface area contributed by atoms with Crippen LogP contribution in [0.1, 0.15) is 175 Å². The van der Waals surface area contributed by atoms with Gasteiger partial charge >= 0.3 is 0 Å². The van der Waals surface area contributed by atoms with E-state index in [4.69, 9.17) is 0 Å². The molecule has 0 bridgehead atoms. The maximum atomic E-state index is 2.60. The van der Waals surface area contributed by atoms with Crippen molar-refractivity contribution in [3.05, 3.63) is 0 Å². The van der Waals surface area contributed by atoms with Crippen molar-refractivity contribution in [2.45, 2.75) is 175 Å². The molecule has 5 saturated carbocycles. The summed E-state index contributed by atoms with van der Waals surface area (Å²) in [5.74, 6) is 10.9. The van der Waals surface area contributed by atoms with Crippen molar-refractivity contribution in [1.82, 2.24) is 0 Å². The van der Waals surface area contributed by atoms with E-state index in [2.05, 4.69) is 27.7 Å². The molecule has 5 rings (SSSR count). The van der Waals surface area contributed by atoms with Crippen LogP contribution in [-0.2, 0) is 0 Å². The van der Waals surface area contributed by atoms with Gasteiger partial charge < -0.3 is 0 Å². The Kier molecular flexibility index (Phi) is 12.7. The molecule has 37 heavy (non-hydrogen) atoms. The highest BCUT2D eigenvalue weighted by Crippen LogP contribution is 2.55. The fourth-order valence-corrected chi connectivity index (χ4v) is 10.6. The lowest BCUT2D eigenvalue weighted by molar-refractivity contribution is 0.00254. The Labute approximate surface area is 234 Å². The number of rotatable bonds is 8. The lowest BCUT2D eigenvalue weighted by Gasteiger charge is -2.49. The SMILES string of the molecule is CCC1CCC(CCC2CCCC(C)C2)CC1.CCCCC1C(C)CC2CCCC2C1C1CCCCC1. The van der Waals surface area contributed by atoms with Crippen LogP contribution in [0.25, 0.3) is 0 Å². The van der Waals surface area contributed by atoms with Crippen LogP contribution in [-0.4, -0.2) is 0 Å². The van der Waals surface area contributed by atoms with Crippen LogP contribution in [0.15, 0.2) is 0 Å². The molecule has 7 unspecified atom stereocenters. The molecular formula is C37H68. The van der Waals surface area contributed by atoms with Gasteiger partial charge in [0.05, 0.1) is 0 Å². The summed E-state index contributed by atoms with van der Waals surface area (Å²) in [6, 6.07) is 0. The molecule has 0 saturated heterocycles. The van der Waals surface area contributed by atoms with Crippen LogP contribution in [0.4, 0.5) is 0 Å². The third-order valence-electron chi connectivity index (χ3n) is 12.8. The Hall–Kier alpha value is 0. The summed E-state index contributed by atoms with van der Waals surface area (Å²) in [6.45, 7) is 9.80. The van der Waals surface area contributed by atoms with Gasteiger partial charge in [-0.05, 0) is 84.9 Å². The summed E-state index contributed by atoms with van der Waals surface area (Å²) >= 11 is 0. The normalized spacial score (nSPS) is 41.0. The van der Waals surface area contributed by atoms with Crippen LogP contribution >= 0.6 is 0 Å². The van der Waals surface area contributed by atoms with E-state index >= 15 is 0 Å². The van der Waals surface area contributed by atoms with Crippen LogP contribution in [0.2, 0.25) is 0 Å². The second-order valence-electron chi connectivity index (χ2n) is 15.4. The van der Waals surface area contributed by atoms with E-state index in [0.717, 1.165) is 59.2 Å². The first-order valence-corrected chi connectivity index (χ1v) is 18.1. The molecule has 0 N–H and O–H groups in total. The molecule has 0 aromatic heterocycles. The fraction of sp³-hybridized carbons (Fsp3) is 1.00. The summed E-state index contributed by atoms with van der Waals surface area (Å²) < 4.78 is 0. The van der Waals surface area contributed by atoms with Crippen molar-refractivity contribution < 1.29 is 0 Å². The Balaban J connectivity index is 0.000000176. The second-order valence-corrected chi connectivity index (χ2v) is 15.4. The summed E-state index contributed by atoms with van der Waals surface area (Å²) in [5.41, 5.74) is 0. The molecule has 216 valence electrons. The molecule has 5 aliphatic rings. The minimum Gasteiger partial charge on any atom is -0.0654 e. The van der Waals surface area contributed by atoms with Gasteiger partial charge in [-0.3, -0.25) is 0 Å². The topological polar surface area (TPSA) is 0 Å². The monoisotopic (exact) mass is 513 g/mol.